The lowest BCUT2D eigenvalue weighted by atomic mass is 10.1. The summed E-state index contributed by atoms with van der Waals surface area (Å²) in [5, 5.41) is 6.38. The van der Waals surface area contributed by atoms with Gasteiger partial charge in [-0.3, -0.25) is 4.68 Å². The quantitative estimate of drug-likeness (QED) is 0.747. The van der Waals surface area contributed by atoms with E-state index in [0.717, 1.165) is 0 Å². The molecule has 0 fully saturated rings. The number of alkyl halides is 3. The Morgan fingerprint density at radius 2 is 2.10 bits per heavy atom. The second-order valence-corrected chi connectivity index (χ2v) is 5.24. The number of hydrogen-bond donors (Lipinski definition) is 1. The standard InChI is InChI=1S/C13H22F3N3O/c1-10(2)9-20-5-4-17-12(13(14,15)16)6-11-7-18-19(3)8-11/h7-8,10,12,17H,4-6,9H2,1-3H3/t12-/m1/s1. The minimum atomic E-state index is -4.28. The first kappa shape index (κ1) is 17.0. The van der Waals surface area contributed by atoms with Crippen molar-refractivity contribution in [1.29, 1.82) is 0 Å². The number of aryl methyl sites for hydroxylation is 1. The topological polar surface area (TPSA) is 39.1 Å². The molecule has 1 rings (SSSR count). The highest BCUT2D eigenvalue weighted by Gasteiger charge is 2.39. The molecule has 1 aromatic heterocycles. The molecular weight excluding hydrogens is 271 g/mol. The molecule has 1 N–H and O–H groups in total. The van der Waals surface area contributed by atoms with Gasteiger partial charge in [-0.15, -0.1) is 0 Å². The van der Waals surface area contributed by atoms with E-state index in [1.807, 2.05) is 13.8 Å². The molecule has 1 aromatic rings. The number of rotatable bonds is 8. The Morgan fingerprint density at radius 3 is 2.60 bits per heavy atom. The summed E-state index contributed by atoms with van der Waals surface area (Å²) in [6.07, 6.45) is -1.36. The normalized spacial score (nSPS) is 13.9. The number of halogens is 3. The van der Waals surface area contributed by atoms with E-state index in [4.69, 9.17) is 4.74 Å². The predicted molar refractivity (Wildman–Crippen MR) is 70.4 cm³/mol. The molecule has 1 atom stereocenters. The largest absolute Gasteiger partial charge is 0.404 e. The molecule has 0 spiro atoms. The van der Waals surface area contributed by atoms with Crippen LogP contribution in [0.1, 0.15) is 19.4 Å². The predicted octanol–water partition coefficient (Wildman–Crippen LogP) is 2.16. The van der Waals surface area contributed by atoms with Crippen LogP contribution in [0, 0.1) is 5.92 Å². The van der Waals surface area contributed by atoms with Crippen LogP contribution < -0.4 is 5.32 Å². The van der Waals surface area contributed by atoms with Gasteiger partial charge in [0.15, 0.2) is 0 Å². The van der Waals surface area contributed by atoms with Crippen molar-refractivity contribution in [3.63, 3.8) is 0 Å². The fraction of sp³-hybridized carbons (Fsp3) is 0.769. The molecule has 116 valence electrons. The van der Waals surface area contributed by atoms with Crippen molar-refractivity contribution in [2.24, 2.45) is 13.0 Å². The van der Waals surface area contributed by atoms with E-state index in [0.29, 0.717) is 18.1 Å². The Kier molecular flexibility index (Phi) is 6.48. The zero-order chi connectivity index (χ0) is 15.2. The molecule has 1 heterocycles. The Balaban J connectivity index is 2.41. The van der Waals surface area contributed by atoms with Crippen molar-refractivity contribution in [2.45, 2.75) is 32.5 Å². The van der Waals surface area contributed by atoms with Gasteiger partial charge in [0.25, 0.3) is 0 Å². The monoisotopic (exact) mass is 293 g/mol. The SMILES string of the molecule is CC(C)COCCN[C@H](Cc1cnn(C)c1)C(F)(F)F. The number of hydrogen-bond acceptors (Lipinski definition) is 3. The molecule has 0 aliphatic carbocycles. The maximum Gasteiger partial charge on any atom is 0.404 e. The lowest BCUT2D eigenvalue weighted by Gasteiger charge is -2.21. The van der Waals surface area contributed by atoms with E-state index in [1.54, 1.807) is 13.2 Å². The van der Waals surface area contributed by atoms with Crippen molar-refractivity contribution in [1.82, 2.24) is 15.1 Å². The molecule has 0 saturated heterocycles. The molecule has 0 unspecified atom stereocenters. The van der Waals surface area contributed by atoms with Gasteiger partial charge in [-0.2, -0.15) is 18.3 Å². The van der Waals surface area contributed by atoms with Crippen molar-refractivity contribution >= 4 is 0 Å². The fourth-order valence-electron chi connectivity index (χ4n) is 1.74. The summed E-state index contributed by atoms with van der Waals surface area (Å²) in [5.41, 5.74) is 0.561. The summed E-state index contributed by atoms with van der Waals surface area (Å²) in [6.45, 7) is 5.00. The number of nitrogens with zero attached hydrogens (tertiary/aromatic N) is 2. The molecule has 0 aromatic carbocycles. The average Bonchev–Trinajstić information content (AvgIpc) is 2.71. The van der Waals surface area contributed by atoms with Crippen LogP contribution in [0.25, 0.3) is 0 Å². The van der Waals surface area contributed by atoms with Crippen LogP contribution in [0.15, 0.2) is 12.4 Å². The third-order valence-corrected chi connectivity index (χ3v) is 2.68. The third kappa shape index (κ3) is 6.38. The highest BCUT2D eigenvalue weighted by Crippen LogP contribution is 2.23. The number of aromatic nitrogens is 2. The lowest BCUT2D eigenvalue weighted by Crippen LogP contribution is -2.45. The zero-order valence-corrected chi connectivity index (χ0v) is 12.1. The van der Waals surface area contributed by atoms with Crippen LogP contribution in [0.2, 0.25) is 0 Å². The molecule has 0 radical (unpaired) electrons. The van der Waals surface area contributed by atoms with Gasteiger partial charge >= 0.3 is 6.18 Å². The summed E-state index contributed by atoms with van der Waals surface area (Å²) in [5.74, 6) is 0.379. The minimum Gasteiger partial charge on any atom is -0.380 e. The first-order valence-corrected chi connectivity index (χ1v) is 6.64. The number of nitrogens with one attached hydrogen (secondary N) is 1. The molecule has 4 nitrogen and oxygen atoms in total. The molecule has 7 heteroatoms. The lowest BCUT2D eigenvalue weighted by molar-refractivity contribution is -0.156. The molecule has 0 aliphatic heterocycles. The third-order valence-electron chi connectivity index (χ3n) is 2.68. The van der Waals surface area contributed by atoms with E-state index in [-0.39, 0.29) is 19.6 Å². The molecular formula is C13H22F3N3O. The maximum absolute atomic E-state index is 12.9. The highest BCUT2D eigenvalue weighted by molar-refractivity contribution is 5.07. The van der Waals surface area contributed by atoms with Crippen molar-refractivity contribution in [3.8, 4) is 0 Å². The average molecular weight is 293 g/mol. The van der Waals surface area contributed by atoms with Crippen LogP contribution in [0.3, 0.4) is 0 Å². The molecule has 0 aliphatic rings. The van der Waals surface area contributed by atoms with E-state index in [9.17, 15) is 13.2 Å². The highest BCUT2D eigenvalue weighted by atomic mass is 19.4. The summed E-state index contributed by atoms with van der Waals surface area (Å²) >= 11 is 0. The van der Waals surface area contributed by atoms with Crippen molar-refractivity contribution in [2.75, 3.05) is 19.8 Å². The Morgan fingerprint density at radius 1 is 1.40 bits per heavy atom. The fourth-order valence-corrected chi connectivity index (χ4v) is 1.74. The summed E-state index contributed by atoms with van der Waals surface area (Å²) in [6, 6.07) is -1.57. The van der Waals surface area contributed by atoms with Gasteiger partial charge in [-0.05, 0) is 17.9 Å². The minimum absolute atomic E-state index is 0.123. The van der Waals surface area contributed by atoms with Crippen LogP contribution in [-0.4, -0.2) is 41.8 Å². The second-order valence-electron chi connectivity index (χ2n) is 5.24. The summed E-state index contributed by atoms with van der Waals surface area (Å²) in [7, 11) is 1.68. The maximum atomic E-state index is 12.9. The van der Waals surface area contributed by atoms with Gasteiger partial charge in [-0.1, -0.05) is 13.8 Å². The molecule has 0 amide bonds. The van der Waals surface area contributed by atoms with Crippen LogP contribution in [0.5, 0.6) is 0 Å². The Hall–Kier alpha value is -1.08. The van der Waals surface area contributed by atoms with Crippen LogP contribution in [0.4, 0.5) is 13.2 Å². The second kappa shape index (κ2) is 7.64. The van der Waals surface area contributed by atoms with E-state index < -0.39 is 12.2 Å². The van der Waals surface area contributed by atoms with Crippen molar-refractivity contribution < 1.29 is 17.9 Å². The number of ether oxygens (including phenoxy) is 1. The smallest absolute Gasteiger partial charge is 0.380 e. The summed E-state index contributed by atoms with van der Waals surface area (Å²) < 4.78 is 45.5. The first-order chi connectivity index (χ1) is 9.29. The van der Waals surface area contributed by atoms with Gasteiger partial charge in [0.1, 0.15) is 6.04 Å². The van der Waals surface area contributed by atoms with E-state index in [1.165, 1.54) is 10.9 Å². The van der Waals surface area contributed by atoms with Gasteiger partial charge < -0.3 is 10.1 Å². The Bertz CT molecular complexity index is 390. The van der Waals surface area contributed by atoms with Gasteiger partial charge in [0.2, 0.25) is 0 Å². The zero-order valence-electron chi connectivity index (χ0n) is 12.1. The molecule has 0 bridgehead atoms. The molecule has 20 heavy (non-hydrogen) atoms. The van der Waals surface area contributed by atoms with Crippen LogP contribution >= 0.6 is 0 Å². The van der Waals surface area contributed by atoms with Crippen LogP contribution in [-0.2, 0) is 18.2 Å². The van der Waals surface area contributed by atoms with E-state index >= 15 is 0 Å². The molecule has 0 saturated carbocycles. The van der Waals surface area contributed by atoms with Gasteiger partial charge in [0.05, 0.1) is 12.8 Å². The van der Waals surface area contributed by atoms with Gasteiger partial charge in [0, 0.05) is 26.4 Å². The Labute approximate surface area is 117 Å². The van der Waals surface area contributed by atoms with Crippen molar-refractivity contribution in [3.05, 3.63) is 18.0 Å². The van der Waals surface area contributed by atoms with Gasteiger partial charge in [-0.25, -0.2) is 0 Å². The summed E-state index contributed by atoms with van der Waals surface area (Å²) in [4.78, 5) is 0. The first-order valence-electron chi connectivity index (χ1n) is 6.64. The van der Waals surface area contributed by atoms with E-state index in [2.05, 4.69) is 10.4 Å².